The number of nitriles is 1. The molecule has 768 valence electrons. The lowest BCUT2D eigenvalue weighted by Gasteiger charge is -2.11. The topological polar surface area (TPSA) is 314 Å². The zero-order valence-electron chi connectivity index (χ0n) is 87.0. The molecule has 0 bridgehead atoms. The fourth-order valence-electron chi connectivity index (χ4n) is 14.5. The quantitative estimate of drug-likeness (QED) is 0.0196. The van der Waals surface area contributed by atoms with Gasteiger partial charge in [-0.2, -0.15) is 5.26 Å². The smallest absolute Gasteiger partial charge is 0.357 e. The molecule has 148 heavy (non-hydrogen) atoms. The molecule has 15 aromatic rings. The van der Waals surface area contributed by atoms with Crippen molar-refractivity contribution in [1.29, 1.82) is 5.26 Å². The van der Waals surface area contributed by atoms with E-state index < -0.39 is 35.8 Å². The third-order valence-corrected chi connectivity index (χ3v) is 22.0. The van der Waals surface area contributed by atoms with Gasteiger partial charge in [0.2, 0.25) is 0 Å². The summed E-state index contributed by atoms with van der Waals surface area (Å²) in [5.74, 6) is 1.46. The summed E-state index contributed by atoms with van der Waals surface area (Å²) in [6.45, 7) is 29.0. The molecule has 0 fully saturated rings. The Kier molecular flexibility index (Phi) is 46.7. The number of hydrogen-bond acceptors (Lipinski definition) is 24. The first kappa shape index (κ1) is 114. The van der Waals surface area contributed by atoms with Gasteiger partial charge in [-0.25, -0.2) is 63.7 Å². The zero-order chi connectivity index (χ0) is 106. The van der Waals surface area contributed by atoms with E-state index in [4.69, 9.17) is 69.2 Å². The number of unbranched alkanes of at least 4 members (excludes halogenated alkanes) is 9. The van der Waals surface area contributed by atoms with Gasteiger partial charge in [0.25, 0.3) is 0 Å². The molecule has 7 heterocycles. The molecule has 0 radical (unpaired) electrons. The van der Waals surface area contributed by atoms with Crippen LogP contribution in [-0.4, -0.2) is 139 Å². The Morgan fingerprint density at radius 3 is 0.973 bits per heavy atom. The third kappa shape index (κ3) is 37.2. The maximum absolute atomic E-state index is 12.2. The van der Waals surface area contributed by atoms with E-state index in [-0.39, 0.29) is 41.9 Å². The fourth-order valence-corrected chi connectivity index (χ4v) is 14.6. The number of ether oxygens (including phenoxy) is 10. The van der Waals surface area contributed by atoms with E-state index in [0.717, 1.165) is 141 Å². The predicted molar refractivity (Wildman–Crippen MR) is 582 cm³/mol. The molecule has 0 unspecified atom stereocenters. The van der Waals surface area contributed by atoms with Gasteiger partial charge in [0.05, 0.1) is 121 Å². The van der Waals surface area contributed by atoms with Crippen LogP contribution < -0.4 is 18.9 Å². The van der Waals surface area contributed by atoms with Crippen molar-refractivity contribution in [3.05, 3.63) is 348 Å². The van der Waals surface area contributed by atoms with Crippen LogP contribution in [0.2, 0.25) is 5.02 Å². The van der Waals surface area contributed by atoms with Gasteiger partial charge in [0.1, 0.15) is 57.3 Å². The van der Waals surface area contributed by atoms with Crippen molar-refractivity contribution < 1.29 is 76.1 Å². The second-order valence-electron chi connectivity index (χ2n) is 35.5. The lowest BCUT2D eigenvalue weighted by atomic mass is 10.1. The molecule has 0 aliphatic rings. The van der Waals surface area contributed by atoms with Gasteiger partial charge in [0, 0.05) is 61.8 Å². The molecule has 0 saturated carbocycles. The van der Waals surface area contributed by atoms with Crippen molar-refractivity contribution in [3.63, 3.8) is 0 Å². The summed E-state index contributed by atoms with van der Waals surface area (Å²) in [4.78, 5) is 103. The minimum atomic E-state index is -0.461. The summed E-state index contributed by atoms with van der Waals surface area (Å²) < 4.78 is 55.7. The molecule has 26 heteroatoms. The summed E-state index contributed by atoms with van der Waals surface area (Å²) in [7, 11) is 1.56. The van der Waals surface area contributed by atoms with E-state index in [1.807, 2.05) is 236 Å². The summed E-state index contributed by atoms with van der Waals surface area (Å²) >= 11 is 5.84. The second-order valence-corrected chi connectivity index (χ2v) is 35.9. The molecule has 0 atom stereocenters. The highest BCUT2D eigenvalue weighted by molar-refractivity contribution is 6.30. The predicted octanol–water partition coefficient (Wildman–Crippen LogP) is 28.9. The first-order valence-electron chi connectivity index (χ1n) is 50.4. The Labute approximate surface area is 873 Å². The molecular formula is C122H132ClN9O16. The van der Waals surface area contributed by atoms with Crippen LogP contribution in [0.3, 0.4) is 0 Å². The second kappa shape index (κ2) is 60.6. The minimum absolute atomic E-state index is 0.159. The summed E-state index contributed by atoms with van der Waals surface area (Å²) in [5.41, 5.74) is 16.1. The number of carbonyl (C=O) groups excluding carboxylic acids is 6. The Morgan fingerprint density at radius 2 is 0.608 bits per heavy atom. The number of halogens is 1. The van der Waals surface area contributed by atoms with Crippen LogP contribution in [0, 0.1) is 11.3 Å². The summed E-state index contributed by atoms with van der Waals surface area (Å²) in [6, 6.07) is 96.1. The average Bonchev–Trinajstić information content (AvgIpc) is 1.62. The number of esters is 6. The molecule has 0 aliphatic heterocycles. The molecule has 0 N–H and O–H groups in total. The Hall–Kier alpha value is -16.1. The SMILES string of the molecule is CC(C)OC(=O)c1cccc(-c2ccc(-c3nc4ccccc4n3-c3ccccc3)cc2)n1.CC(C)OC(=O)c1cccc(-c2ccc(Cl)cc2)n1.CCCCCCCOc1ccc(-c2cccc(C(=O)OC(C)C)n2)cc1.CCCCCCOc1ccc(-c2cc(OC)cc(C(=O)OC(C)C)n2)cc1.CCCCCOc1ccc(-c2cccc(C(=O)OC(C)C)n2)cc1.CCOC(=O)c1cccc(-c2ccc(C#N)cc2)n1. The molecule has 25 nitrogen and oxygen atoms in total. The van der Waals surface area contributed by atoms with Crippen LogP contribution in [0.4, 0.5) is 0 Å². The molecule has 0 spiro atoms. The number of pyridine rings is 6. The van der Waals surface area contributed by atoms with Gasteiger partial charge in [-0.1, -0.05) is 199 Å². The summed E-state index contributed by atoms with van der Waals surface area (Å²) in [6.07, 6.45) is 13.4. The molecule has 0 aliphatic carbocycles. The number of para-hydroxylation sites is 3. The standard InChI is InChI=1S/C28H23N3O2.C22H29NO4.C22H29NO3.C20H25NO3.C15H14ClNO2.C15H12N2O2/c1-19(2)33-28(32)25-13-8-12-23(29-25)20-15-17-21(18-16-20)27-30-24-11-6-7-14-26(24)31(27)22-9-4-3-5-10-22;1-5-6-7-8-13-26-18-11-9-17(10-12-18)20-14-19(25-4)15-21(23-20)22(24)27-16(2)3;1-4-5-6-7-8-16-25-19-14-12-18(13-15-19)20-10-9-11-21(23-20)22(24)26-17(2)3;1-4-5-6-14-23-17-12-10-16(11-13-17)18-8-7-9-19(21-18)20(22)24-15(2)3;1-10(2)19-15(18)14-5-3-4-13(17-14)11-6-8-12(16)9-7-11;1-2-19-15(18)14-5-3-4-13(17-14)12-8-6-11(10-16)7-9-12/h3-19H,1-2H3;9-12,14-16H,5-8,13H2,1-4H3;9-15,17H,4-8,16H2,1-3H3;7-13,15H,4-6,14H2,1-3H3;3-10H,1-2H3;3-9H,2H2,1H3. The maximum Gasteiger partial charge on any atom is 0.357 e. The number of rotatable bonds is 39. The Bertz CT molecular complexity index is 6740. The van der Waals surface area contributed by atoms with Crippen LogP contribution >= 0.6 is 11.6 Å². The fraction of sp³-hybridized carbons (Fsp3) is 0.295. The van der Waals surface area contributed by atoms with E-state index in [2.05, 4.69) is 79.5 Å². The van der Waals surface area contributed by atoms with Crippen molar-refractivity contribution in [2.45, 2.75) is 205 Å². The van der Waals surface area contributed by atoms with Crippen LogP contribution in [0.15, 0.2) is 303 Å². The van der Waals surface area contributed by atoms with Crippen molar-refractivity contribution in [1.82, 2.24) is 39.5 Å². The van der Waals surface area contributed by atoms with Crippen molar-refractivity contribution in [3.8, 4) is 114 Å². The van der Waals surface area contributed by atoms with E-state index >= 15 is 0 Å². The average molecular weight is 2020 g/mol. The van der Waals surface area contributed by atoms with Crippen molar-refractivity contribution in [2.75, 3.05) is 33.5 Å². The molecule has 8 aromatic carbocycles. The van der Waals surface area contributed by atoms with Gasteiger partial charge >= 0.3 is 35.8 Å². The van der Waals surface area contributed by atoms with Crippen molar-refractivity contribution in [2.24, 2.45) is 0 Å². The van der Waals surface area contributed by atoms with Gasteiger partial charge in [0.15, 0.2) is 5.69 Å². The monoisotopic (exact) mass is 2010 g/mol. The minimum Gasteiger partial charge on any atom is -0.497 e. The molecule has 7 aromatic heterocycles. The Morgan fingerprint density at radius 1 is 0.304 bits per heavy atom. The van der Waals surface area contributed by atoms with E-state index in [0.29, 0.717) is 57.1 Å². The van der Waals surface area contributed by atoms with Gasteiger partial charge in [-0.05, 0) is 277 Å². The normalized spacial score (nSPS) is 10.6. The van der Waals surface area contributed by atoms with Crippen LogP contribution in [-0.2, 0) is 28.4 Å². The number of nitrogens with zero attached hydrogens (tertiary/aromatic N) is 9. The van der Waals surface area contributed by atoms with Crippen LogP contribution in [0.25, 0.3) is 95.7 Å². The maximum atomic E-state index is 12.2. The number of imidazole rings is 1. The van der Waals surface area contributed by atoms with E-state index in [1.165, 1.54) is 57.8 Å². The highest BCUT2D eigenvalue weighted by Crippen LogP contribution is 2.34. The lowest BCUT2D eigenvalue weighted by Crippen LogP contribution is -2.13. The van der Waals surface area contributed by atoms with E-state index in [9.17, 15) is 28.8 Å². The number of carbonyl (C=O) groups is 6. The molecule has 0 amide bonds. The van der Waals surface area contributed by atoms with Gasteiger partial charge in [-0.15, -0.1) is 0 Å². The molecule has 0 saturated heterocycles. The van der Waals surface area contributed by atoms with Crippen LogP contribution in [0.5, 0.6) is 23.0 Å². The van der Waals surface area contributed by atoms with Crippen LogP contribution in [0.1, 0.15) is 242 Å². The number of methoxy groups -OCH3 is 1. The highest BCUT2D eigenvalue weighted by Gasteiger charge is 2.22. The lowest BCUT2D eigenvalue weighted by molar-refractivity contribution is 0.0360. The van der Waals surface area contributed by atoms with Gasteiger partial charge < -0.3 is 47.4 Å². The zero-order valence-corrected chi connectivity index (χ0v) is 87.8. The first-order valence-corrected chi connectivity index (χ1v) is 50.7. The molecular weight excluding hydrogens is 1880 g/mol. The number of fused-ring (bicyclic) bond motifs is 1. The Balaban J connectivity index is 0.000000184. The van der Waals surface area contributed by atoms with Gasteiger partial charge in [-0.3, -0.25) is 4.57 Å². The molecule has 15 rings (SSSR count). The number of benzene rings is 8. The number of hydrogen-bond donors (Lipinski definition) is 0. The third-order valence-electron chi connectivity index (χ3n) is 21.7. The largest absolute Gasteiger partial charge is 0.497 e. The number of aromatic nitrogens is 8. The highest BCUT2D eigenvalue weighted by atomic mass is 35.5. The van der Waals surface area contributed by atoms with Crippen molar-refractivity contribution >= 4 is 58.5 Å². The first-order chi connectivity index (χ1) is 71.6. The summed E-state index contributed by atoms with van der Waals surface area (Å²) in [5, 5.41) is 9.41. The van der Waals surface area contributed by atoms with E-state index in [1.54, 1.807) is 133 Å².